The molecular weight excluding hydrogens is 358 g/mol. The number of halogens is 1. The fourth-order valence-corrected chi connectivity index (χ4v) is 2.19. The lowest BCUT2D eigenvalue weighted by molar-refractivity contribution is -0.136. The summed E-state index contributed by atoms with van der Waals surface area (Å²) in [7, 11) is 0. The quantitative estimate of drug-likeness (QED) is 0.491. The topological polar surface area (TPSA) is 70.6 Å². The lowest BCUT2D eigenvalue weighted by Gasteiger charge is -2.04. The van der Waals surface area contributed by atoms with E-state index in [1.54, 1.807) is 12.1 Å². The van der Waals surface area contributed by atoms with Crippen molar-refractivity contribution in [3.63, 3.8) is 0 Å². The Morgan fingerprint density at radius 2 is 1.78 bits per heavy atom. The molecule has 0 aliphatic rings. The summed E-state index contributed by atoms with van der Waals surface area (Å²) in [6, 6.07) is 14.7. The van der Waals surface area contributed by atoms with Gasteiger partial charge in [-0.05, 0) is 30.2 Å². The van der Waals surface area contributed by atoms with E-state index < -0.39 is 11.8 Å². The van der Waals surface area contributed by atoms with Crippen molar-refractivity contribution in [1.82, 2.24) is 5.43 Å². The molecule has 0 aliphatic carbocycles. The van der Waals surface area contributed by atoms with Crippen LogP contribution in [0.5, 0.6) is 0 Å². The number of rotatable bonds is 4. The number of hydrogen-bond donors (Lipinski definition) is 2. The van der Waals surface area contributed by atoms with E-state index in [1.165, 1.54) is 6.21 Å². The Kier molecular flexibility index (Phi) is 6.05. The zero-order valence-corrected chi connectivity index (χ0v) is 14.1. The molecule has 0 atom stereocenters. The number of carbonyl (C=O) groups is 2. The zero-order valence-electron chi connectivity index (χ0n) is 12.5. The summed E-state index contributed by atoms with van der Waals surface area (Å²) in [4.78, 5) is 23.5. The van der Waals surface area contributed by atoms with Gasteiger partial charge in [-0.2, -0.15) is 5.10 Å². The van der Waals surface area contributed by atoms with Gasteiger partial charge in [-0.3, -0.25) is 9.59 Å². The van der Waals surface area contributed by atoms with Crippen LogP contribution in [-0.4, -0.2) is 18.0 Å². The van der Waals surface area contributed by atoms with Gasteiger partial charge in [0.15, 0.2) is 0 Å². The molecule has 2 aromatic rings. The van der Waals surface area contributed by atoms with E-state index in [2.05, 4.69) is 31.8 Å². The molecule has 0 unspecified atom stereocenters. The van der Waals surface area contributed by atoms with E-state index in [0.717, 1.165) is 22.0 Å². The summed E-state index contributed by atoms with van der Waals surface area (Å²) in [6.07, 6.45) is 2.38. The smallest absolute Gasteiger partial charge is 0.318 e. The number of nitrogens with zero attached hydrogens (tertiary/aromatic N) is 1. The highest BCUT2D eigenvalue weighted by Crippen LogP contribution is 2.13. The van der Waals surface area contributed by atoms with Crippen LogP contribution in [0.4, 0.5) is 5.69 Å². The van der Waals surface area contributed by atoms with Gasteiger partial charge >= 0.3 is 11.8 Å². The van der Waals surface area contributed by atoms with Gasteiger partial charge in [-0.25, -0.2) is 5.43 Å². The highest BCUT2D eigenvalue weighted by Gasteiger charge is 2.12. The summed E-state index contributed by atoms with van der Waals surface area (Å²) < 4.78 is 0.846. The molecule has 2 amide bonds. The minimum Gasteiger partial charge on any atom is -0.318 e. The first-order chi connectivity index (χ1) is 11.1. The third kappa shape index (κ3) is 5.03. The van der Waals surface area contributed by atoms with Crippen molar-refractivity contribution in [3.8, 4) is 0 Å². The Bertz CT molecular complexity index is 727. The highest BCUT2D eigenvalue weighted by atomic mass is 79.9. The summed E-state index contributed by atoms with van der Waals surface area (Å²) >= 11 is 3.37. The van der Waals surface area contributed by atoms with Crippen LogP contribution in [0.1, 0.15) is 18.1 Å². The van der Waals surface area contributed by atoms with Gasteiger partial charge in [-0.1, -0.05) is 53.2 Å². The Labute approximate surface area is 142 Å². The van der Waals surface area contributed by atoms with E-state index in [9.17, 15) is 9.59 Å². The minimum atomic E-state index is -0.826. The van der Waals surface area contributed by atoms with Crippen LogP contribution in [0.3, 0.4) is 0 Å². The fraction of sp³-hybridized carbons (Fsp3) is 0.118. The Morgan fingerprint density at radius 3 is 2.43 bits per heavy atom. The highest BCUT2D eigenvalue weighted by molar-refractivity contribution is 9.10. The molecule has 2 N–H and O–H groups in total. The maximum absolute atomic E-state index is 11.8. The van der Waals surface area contributed by atoms with E-state index in [-0.39, 0.29) is 0 Å². The zero-order chi connectivity index (χ0) is 16.7. The first-order valence-corrected chi connectivity index (χ1v) is 7.87. The average molecular weight is 374 g/mol. The van der Waals surface area contributed by atoms with Crippen LogP contribution in [0.2, 0.25) is 0 Å². The second kappa shape index (κ2) is 8.24. The molecule has 0 radical (unpaired) electrons. The van der Waals surface area contributed by atoms with Crippen molar-refractivity contribution in [2.75, 3.05) is 5.32 Å². The molecule has 0 aromatic heterocycles. The lowest BCUT2D eigenvalue weighted by atomic mass is 10.1. The van der Waals surface area contributed by atoms with Crippen LogP contribution in [0, 0.1) is 0 Å². The van der Waals surface area contributed by atoms with Gasteiger partial charge in [-0.15, -0.1) is 0 Å². The van der Waals surface area contributed by atoms with Gasteiger partial charge < -0.3 is 5.32 Å². The summed E-state index contributed by atoms with van der Waals surface area (Å²) in [5.74, 6) is -1.59. The van der Waals surface area contributed by atoms with Crippen molar-refractivity contribution < 1.29 is 9.59 Å². The predicted molar refractivity (Wildman–Crippen MR) is 94.3 cm³/mol. The van der Waals surface area contributed by atoms with Gasteiger partial charge in [0.25, 0.3) is 0 Å². The minimum absolute atomic E-state index is 0.567. The molecule has 0 saturated carbocycles. The van der Waals surface area contributed by atoms with Gasteiger partial charge in [0.1, 0.15) is 0 Å². The number of amides is 2. The number of carbonyl (C=O) groups excluding carboxylic acids is 2. The first kappa shape index (κ1) is 16.9. The molecule has 0 heterocycles. The molecule has 0 aliphatic heterocycles. The molecule has 23 heavy (non-hydrogen) atoms. The Hall–Kier alpha value is -2.47. The number of nitrogens with one attached hydrogen (secondary N) is 2. The number of hydrogen-bond acceptors (Lipinski definition) is 3. The average Bonchev–Trinajstić information content (AvgIpc) is 2.57. The second-order valence-corrected chi connectivity index (χ2v) is 5.58. The van der Waals surface area contributed by atoms with E-state index in [1.807, 2.05) is 43.3 Å². The molecule has 118 valence electrons. The summed E-state index contributed by atoms with van der Waals surface area (Å²) in [5, 5.41) is 6.30. The van der Waals surface area contributed by atoms with Gasteiger partial charge in [0.05, 0.1) is 6.21 Å². The second-order valence-electron chi connectivity index (χ2n) is 4.73. The van der Waals surface area contributed by atoms with Crippen LogP contribution >= 0.6 is 15.9 Å². The number of anilines is 1. The molecule has 5 nitrogen and oxygen atoms in total. The Balaban J connectivity index is 1.89. The summed E-state index contributed by atoms with van der Waals surface area (Å²) in [5.41, 5.74) is 4.72. The lowest BCUT2D eigenvalue weighted by Crippen LogP contribution is -2.32. The molecule has 2 aromatic carbocycles. The van der Waals surface area contributed by atoms with Crippen molar-refractivity contribution in [1.29, 1.82) is 0 Å². The molecule has 0 saturated heterocycles. The van der Waals surface area contributed by atoms with Gasteiger partial charge in [0, 0.05) is 15.7 Å². The van der Waals surface area contributed by atoms with Crippen LogP contribution < -0.4 is 10.7 Å². The van der Waals surface area contributed by atoms with Gasteiger partial charge in [0.2, 0.25) is 0 Å². The van der Waals surface area contributed by atoms with Crippen molar-refractivity contribution in [2.45, 2.75) is 13.3 Å². The molecule has 0 spiro atoms. The van der Waals surface area contributed by atoms with Crippen LogP contribution in [0.25, 0.3) is 0 Å². The number of hydrazone groups is 1. The van der Waals surface area contributed by atoms with Crippen molar-refractivity contribution in [2.24, 2.45) is 5.10 Å². The molecular formula is C17H16BrN3O2. The summed E-state index contributed by atoms with van der Waals surface area (Å²) in [6.45, 7) is 2.05. The predicted octanol–water partition coefficient (Wildman–Crippen LogP) is 3.10. The normalized spacial score (nSPS) is 10.5. The SMILES string of the molecule is CCc1ccc(NC(=O)C(=O)N/N=C/c2ccccc2Br)cc1. The molecule has 0 bridgehead atoms. The third-order valence-corrected chi connectivity index (χ3v) is 3.82. The number of benzene rings is 2. The van der Waals surface area contributed by atoms with Crippen molar-refractivity contribution in [3.05, 3.63) is 64.1 Å². The largest absolute Gasteiger partial charge is 0.329 e. The Morgan fingerprint density at radius 1 is 1.09 bits per heavy atom. The molecule has 2 rings (SSSR count). The maximum atomic E-state index is 11.8. The van der Waals surface area contributed by atoms with E-state index in [4.69, 9.17) is 0 Å². The monoisotopic (exact) mass is 373 g/mol. The standard InChI is InChI=1S/C17H16BrN3O2/c1-2-12-7-9-14(10-8-12)20-16(22)17(23)21-19-11-13-5-3-4-6-15(13)18/h3-11H,2H2,1H3,(H,20,22)(H,21,23)/b19-11+. The number of aryl methyl sites for hydroxylation is 1. The van der Waals surface area contributed by atoms with E-state index in [0.29, 0.717) is 5.69 Å². The maximum Gasteiger partial charge on any atom is 0.329 e. The fourth-order valence-electron chi connectivity index (χ4n) is 1.80. The third-order valence-electron chi connectivity index (χ3n) is 3.10. The molecule has 6 heteroatoms. The van der Waals surface area contributed by atoms with Crippen LogP contribution in [-0.2, 0) is 16.0 Å². The molecule has 0 fully saturated rings. The van der Waals surface area contributed by atoms with Crippen molar-refractivity contribution >= 4 is 39.6 Å². The van der Waals surface area contributed by atoms with E-state index >= 15 is 0 Å². The first-order valence-electron chi connectivity index (χ1n) is 7.08. The van der Waals surface area contributed by atoms with Crippen LogP contribution in [0.15, 0.2) is 58.1 Å².